The maximum absolute atomic E-state index is 7.51. The molecule has 0 spiro atoms. The van der Waals surface area contributed by atoms with Gasteiger partial charge in [0.05, 0.1) is 5.69 Å². The van der Waals surface area contributed by atoms with Crippen LogP contribution >= 0.6 is 0 Å². The first-order valence-corrected chi connectivity index (χ1v) is 12.6. The van der Waals surface area contributed by atoms with Gasteiger partial charge in [-0.05, 0) is 78.6 Å². The van der Waals surface area contributed by atoms with Gasteiger partial charge in [0.1, 0.15) is 5.65 Å². The summed E-state index contributed by atoms with van der Waals surface area (Å²) >= 11 is 0. The van der Waals surface area contributed by atoms with Crippen LogP contribution in [-0.2, 0) is 6.42 Å². The number of fused-ring (bicyclic) bond motifs is 1. The van der Waals surface area contributed by atoms with E-state index in [4.69, 9.17) is 10.2 Å². The van der Waals surface area contributed by atoms with Gasteiger partial charge in [0.25, 0.3) is 0 Å². The van der Waals surface area contributed by atoms with Gasteiger partial charge >= 0.3 is 0 Å². The highest BCUT2D eigenvalue weighted by atomic mass is 16.5. The van der Waals surface area contributed by atoms with Crippen LogP contribution in [0.4, 0.5) is 0 Å². The molecule has 0 fully saturated rings. The normalized spacial score (nSPS) is 10.4. The number of rotatable bonds is 9. The highest BCUT2D eigenvalue weighted by Crippen LogP contribution is 2.16. The molecule has 0 saturated heterocycles. The van der Waals surface area contributed by atoms with E-state index in [1.807, 2.05) is 20.0 Å². The van der Waals surface area contributed by atoms with Crippen LogP contribution in [0.2, 0.25) is 0 Å². The highest BCUT2D eigenvalue weighted by Gasteiger charge is 2.07. The van der Waals surface area contributed by atoms with Gasteiger partial charge in [0.2, 0.25) is 0 Å². The maximum atomic E-state index is 7.51. The molecule has 0 unspecified atom stereocenters. The smallest absolute Gasteiger partial charge is 0.137 e. The molecule has 0 radical (unpaired) electrons. The van der Waals surface area contributed by atoms with Crippen molar-refractivity contribution < 1.29 is 5.21 Å². The van der Waals surface area contributed by atoms with E-state index in [1.165, 1.54) is 55.3 Å². The third kappa shape index (κ3) is 17.2. The number of hydrogen-bond donors (Lipinski definition) is 3. The number of aryl methyl sites for hydroxylation is 2. The first-order valence-electron chi connectivity index (χ1n) is 12.6. The van der Waals surface area contributed by atoms with Crippen LogP contribution in [0.5, 0.6) is 0 Å². The average Bonchev–Trinajstić information content (AvgIpc) is 3.13. The van der Waals surface area contributed by atoms with Gasteiger partial charge in [-0.15, -0.1) is 6.58 Å². The molecular weight excluding hydrogens is 420 g/mol. The zero-order valence-corrected chi connectivity index (χ0v) is 23.2. The Kier molecular flexibility index (Phi) is 21.1. The first kappa shape index (κ1) is 33.8. The van der Waals surface area contributed by atoms with Crippen LogP contribution in [-0.4, -0.2) is 27.2 Å². The molecule has 0 aliphatic carbocycles. The number of pyridine rings is 1. The molecule has 194 valence electrons. The summed E-state index contributed by atoms with van der Waals surface area (Å²) in [5.74, 6) is 0. The zero-order chi connectivity index (χ0) is 26.4. The second-order valence-corrected chi connectivity index (χ2v) is 9.05. The third-order valence-corrected chi connectivity index (χ3v) is 4.95. The minimum atomic E-state index is 0.292. The number of hydroxylamine groups is 1. The van der Waals surface area contributed by atoms with Gasteiger partial charge in [-0.2, -0.15) is 0 Å². The molecule has 2 aromatic rings. The van der Waals surface area contributed by atoms with Crippen LogP contribution in [0.25, 0.3) is 11.7 Å². The van der Waals surface area contributed by atoms with E-state index >= 15 is 0 Å². The average molecular weight is 473 g/mol. The molecule has 2 aromatic heterocycles. The van der Waals surface area contributed by atoms with E-state index in [-0.39, 0.29) is 0 Å². The standard InChI is InChI=1S/C17H24N2.C5H13N.C5H10.C2H5NO/c1-4-6-7-8-10-16-14(3)19-12-11-15(9-5-2)13-17(19)18-16;1-5(2,3)6-4;1-3-5-4-2;1-2-3-4/h5,9,11-13H,4,6-8,10H2,1-3H3;6H,1-4H3;3H,1,4-5H2,2H3;2-4H,1H2/b9-5+;;;. The molecule has 5 heteroatoms. The fraction of sp³-hybridized carbons (Fsp3) is 0.552. The lowest BCUT2D eigenvalue weighted by atomic mass is 10.1. The molecule has 0 atom stereocenters. The number of imidazole rings is 1. The quantitative estimate of drug-likeness (QED) is 0.197. The minimum absolute atomic E-state index is 0.292. The molecule has 0 aliphatic rings. The Bertz CT molecular complexity index is 800. The highest BCUT2D eigenvalue weighted by molar-refractivity contribution is 5.56. The van der Waals surface area contributed by atoms with Crippen LogP contribution in [0.3, 0.4) is 0 Å². The van der Waals surface area contributed by atoms with Crippen molar-refractivity contribution in [3.05, 3.63) is 66.8 Å². The Morgan fingerprint density at radius 2 is 1.74 bits per heavy atom. The van der Waals surface area contributed by atoms with E-state index in [2.05, 4.69) is 94.9 Å². The molecular formula is C29H52N4O. The molecule has 0 aliphatic heterocycles. The predicted molar refractivity (Wildman–Crippen MR) is 152 cm³/mol. The summed E-state index contributed by atoms with van der Waals surface area (Å²) in [4.78, 5) is 4.78. The molecule has 34 heavy (non-hydrogen) atoms. The Labute approximate surface area is 210 Å². The van der Waals surface area contributed by atoms with E-state index in [1.54, 1.807) is 5.48 Å². The molecule has 0 saturated carbocycles. The molecule has 5 nitrogen and oxygen atoms in total. The van der Waals surface area contributed by atoms with Crippen LogP contribution in [0, 0.1) is 6.92 Å². The first-order chi connectivity index (χ1) is 16.1. The van der Waals surface area contributed by atoms with Gasteiger partial charge in [-0.25, -0.2) is 4.98 Å². The predicted octanol–water partition coefficient (Wildman–Crippen LogP) is 7.88. The minimum Gasteiger partial charge on any atom is -0.315 e. The number of aromatic nitrogens is 2. The SMILES string of the molecule is C/C=C/c1ccn2c(C)c(CCCCCC)nc2c1.C=CCCC.C=CNO.CNC(C)(C)C. The van der Waals surface area contributed by atoms with E-state index in [0.29, 0.717) is 5.54 Å². The summed E-state index contributed by atoms with van der Waals surface area (Å²) in [5.41, 5.74) is 6.82. The van der Waals surface area contributed by atoms with Crippen molar-refractivity contribution in [3.63, 3.8) is 0 Å². The van der Waals surface area contributed by atoms with Gasteiger partial charge in [-0.1, -0.05) is 64.3 Å². The summed E-state index contributed by atoms with van der Waals surface area (Å²) in [6, 6.07) is 4.30. The second kappa shape index (κ2) is 21.2. The van der Waals surface area contributed by atoms with Crippen molar-refractivity contribution in [2.24, 2.45) is 0 Å². The lowest BCUT2D eigenvalue weighted by molar-refractivity contribution is 0.215. The van der Waals surface area contributed by atoms with Crippen molar-refractivity contribution in [2.75, 3.05) is 7.05 Å². The van der Waals surface area contributed by atoms with Crippen molar-refractivity contribution in [2.45, 2.75) is 99.0 Å². The Morgan fingerprint density at radius 3 is 2.15 bits per heavy atom. The maximum Gasteiger partial charge on any atom is 0.137 e. The van der Waals surface area contributed by atoms with E-state index in [9.17, 15) is 0 Å². The lowest BCUT2D eigenvalue weighted by Gasteiger charge is -2.15. The largest absolute Gasteiger partial charge is 0.315 e. The summed E-state index contributed by atoms with van der Waals surface area (Å²) in [6.07, 6.45) is 18.1. The van der Waals surface area contributed by atoms with Gasteiger partial charge in [0.15, 0.2) is 0 Å². The fourth-order valence-corrected chi connectivity index (χ4v) is 2.69. The van der Waals surface area contributed by atoms with Crippen molar-refractivity contribution in [1.29, 1.82) is 0 Å². The van der Waals surface area contributed by atoms with Crippen molar-refractivity contribution >= 4 is 11.7 Å². The van der Waals surface area contributed by atoms with E-state index in [0.717, 1.165) is 18.5 Å². The molecule has 2 heterocycles. The summed E-state index contributed by atoms with van der Waals surface area (Å²) < 4.78 is 2.20. The third-order valence-electron chi connectivity index (χ3n) is 4.95. The van der Waals surface area contributed by atoms with Crippen molar-refractivity contribution in [3.8, 4) is 0 Å². The number of allylic oxidation sites excluding steroid dienone is 2. The Morgan fingerprint density at radius 1 is 1.12 bits per heavy atom. The van der Waals surface area contributed by atoms with E-state index < -0.39 is 0 Å². The van der Waals surface area contributed by atoms with Gasteiger partial charge in [-0.3, -0.25) is 10.7 Å². The summed E-state index contributed by atoms with van der Waals surface area (Å²) in [6.45, 7) is 21.7. The fourth-order valence-electron chi connectivity index (χ4n) is 2.69. The zero-order valence-electron chi connectivity index (χ0n) is 23.2. The van der Waals surface area contributed by atoms with Crippen LogP contribution in [0.15, 0.2) is 49.8 Å². The molecule has 2 rings (SSSR count). The van der Waals surface area contributed by atoms with Gasteiger partial charge < -0.3 is 9.72 Å². The van der Waals surface area contributed by atoms with Crippen molar-refractivity contribution in [1.82, 2.24) is 20.2 Å². The van der Waals surface area contributed by atoms with Crippen LogP contribution in [0.1, 0.15) is 97.0 Å². The van der Waals surface area contributed by atoms with Crippen LogP contribution < -0.4 is 10.8 Å². The summed E-state index contributed by atoms with van der Waals surface area (Å²) in [5, 5.41) is 10.6. The number of hydrogen-bond acceptors (Lipinski definition) is 4. The van der Waals surface area contributed by atoms with Gasteiger partial charge in [0, 0.05) is 23.6 Å². The molecule has 0 aromatic carbocycles. The Balaban J connectivity index is 0. The second-order valence-electron chi connectivity index (χ2n) is 9.05. The Hall–Kier alpha value is -2.37. The number of nitrogens with one attached hydrogen (secondary N) is 2. The molecule has 3 N–H and O–H groups in total. The molecule has 0 amide bonds. The number of nitrogens with zero attached hydrogens (tertiary/aromatic N) is 2. The molecule has 0 bridgehead atoms. The topological polar surface area (TPSA) is 61.6 Å². The monoisotopic (exact) mass is 472 g/mol. The summed E-state index contributed by atoms with van der Waals surface area (Å²) in [7, 11) is 1.96. The number of unbranched alkanes of at least 4 members (excludes halogenated alkanes) is 4. The lowest BCUT2D eigenvalue weighted by Crippen LogP contribution is -2.31.